The minimum Gasteiger partial charge on any atom is -0.484 e. The monoisotopic (exact) mass is 333 g/mol. The van der Waals surface area contributed by atoms with Gasteiger partial charge in [0.15, 0.2) is 11.6 Å². The molecule has 1 aromatic heterocycles. The number of para-hydroxylation sites is 1. The van der Waals surface area contributed by atoms with E-state index in [0.29, 0.717) is 12.3 Å². The summed E-state index contributed by atoms with van der Waals surface area (Å²) < 4.78 is 32.5. The molecule has 128 valence electrons. The van der Waals surface area contributed by atoms with Gasteiger partial charge >= 0.3 is 0 Å². The van der Waals surface area contributed by atoms with Gasteiger partial charge in [-0.2, -0.15) is 0 Å². The van der Waals surface area contributed by atoms with Crippen LogP contribution in [0.2, 0.25) is 0 Å². The number of nitrogens with zero attached hydrogens (tertiary/aromatic N) is 3. The number of methoxy groups -OCH3 is 1. The second-order valence-electron chi connectivity index (χ2n) is 6.36. The quantitative estimate of drug-likeness (QED) is 0.841. The topological polar surface area (TPSA) is 58.4 Å². The van der Waals surface area contributed by atoms with Crippen molar-refractivity contribution in [1.82, 2.24) is 15.0 Å². The van der Waals surface area contributed by atoms with Crippen LogP contribution in [-0.4, -0.2) is 40.4 Å². The van der Waals surface area contributed by atoms with Crippen molar-refractivity contribution in [2.45, 2.75) is 43.6 Å². The molecule has 0 N–H and O–H groups in total. The van der Waals surface area contributed by atoms with Crippen LogP contribution in [0.25, 0.3) is 0 Å². The first-order valence-electron chi connectivity index (χ1n) is 8.17. The fourth-order valence-electron chi connectivity index (χ4n) is 3.57. The van der Waals surface area contributed by atoms with Crippen LogP contribution in [-0.2, 0) is 16.1 Å². The fraction of sp³-hybridized carbons (Fsp3) is 0.529. The molecule has 2 atom stereocenters. The van der Waals surface area contributed by atoms with E-state index in [1.807, 2.05) is 6.20 Å². The highest BCUT2D eigenvalue weighted by Crippen LogP contribution is 2.48. The minimum absolute atomic E-state index is 0.00464. The lowest BCUT2D eigenvalue weighted by molar-refractivity contribution is -0.123. The standard InChI is InChI=1S/C17H20FN3O3/c1-22-16-14(11-24-17(16)7-4-8-17)21-9-12(19-20-21)10-23-15-6-3-2-5-13(15)18/h2-3,5-6,9,14,16H,4,7-8,10-11H2,1H3/t14-,16+/m0/s1. The summed E-state index contributed by atoms with van der Waals surface area (Å²) in [6.07, 6.45) is 5.03. The predicted molar refractivity (Wildman–Crippen MR) is 83.1 cm³/mol. The molecule has 1 saturated heterocycles. The van der Waals surface area contributed by atoms with E-state index in [2.05, 4.69) is 10.3 Å². The molecule has 2 aliphatic rings. The van der Waals surface area contributed by atoms with Crippen molar-refractivity contribution in [3.63, 3.8) is 0 Å². The van der Waals surface area contributed by atoms with E-state index in [1.54, 1.807) is 30.0 Å². The first kappa shape index (κ1) is 15.5. The second kappa shape index (κ2) is 6.14. The van der Waals surface area contributed by atoms with Crippen LogP contribution >= 0.6 is 0 Å². The van der Waals surface area contributed by atoms with Crippen molar-refractivity contribution in [1.29, 1.82) is 0 Å². The summed E-state index contributed by atoms with van der Waals surface area (Å²) in [5.74, 6) is -0.181. The molecule has 1 aliphatic heterocycles. The predicted octanol–water partition coefficient (Wildman–Crippen LogP) is 2.51. The van der Waals surface area contributed by atoms with Gasteiger partial charge in [0.1, 0.15) is 24.4 Å². The maximum atomic E-state index is 13.6. The summed E-state index contributed by atoms with van der Waals surface area (Å²) in [7, 11) is 1.71. The number of halogens is 1. The molecule has 0 radical (unpaired) electrons. The Hall–Kier alpha value is -1.99. The molecule has 4 rings (SSSR count). The third kappa shape index (κ3) is 2.57. The number of ether oxygens (including phenoxy) is 3. The van der Waals surface area contributed by atoms with E-state index in [9.17, 15) is 4.39 Å². The van der Waals surface area contributed by atoms with Crippen molar-refractivity contribution in [3.05, 3.63) is 42.0 Å². The fourth-order valence-corrected chi connectivity index (χ4v) is 3.57. The molecule has 1 spiro atoms. The number of benzene rings is 1. The highest BCUT2D eigenvalue weighted by molar-refractivity contribution is 5.23. The van der Waals surface area contributed by atoms with E-state index >= 15 is 0 Å². The molecule has 2 fully saturated rings. The first-order chi connectivity index (χ1) is 11.7. The van der Waals surface area contributed by atoms with E-state index < -0.39 is 0 Å². The molecule has 1 saturated carbocycles. The van der Waals surface area contributed by atoms with Gasteiger partial charge in [-0.15, -0.1) is 5.10 Å². The number of aromatic nitrogens is 3. The Labute approximate surface area is 139 Å². The summed E-state index contributed by atoms with van der Waals surface area (Å²) in [5, 5.41) is 8.31. The van der Waals surface area contributed by atoms with Crippen molar-refractivity contribution < 1.29 is 18.6 Å². The maximum Gasteiger partial charge on any atom is 0.165 e. The lowest BCUT2D eigenvalue weighted by Gasteiger charge is -2.41. The lowest BCUT2D eigenvalue weighted by Crippen LogP contribution is -2.48. The molecule has 6 nitrogen and oxygen atoms in total. The van der Waals surface area contributed by atoms with Gasteiger partial charge < -0.3 is 14.2 Å². The summed E-state index contributed by atoms with van der Waals surface area (Å²) >= 11 is 0. The molecule has 0 bridgehead atoms. The van der Waals surface area contributed by atoms with E-state index in [4.69, 9.17) is 14.2 Å². The highest BCUT2D eigenvalue weighted by Gasteiger charge is 2.55. The van der Waals surface area contributed by atoms with Gasteiger partial charge in [0.2, 0.25) is 0 Å². The zero-order chi connectivity index (χ0) is 16.6. The maximum absolute atomic E-state index is 13.6. The highest BCUT2D eigenvalue weighted by atomic mass is 19.1. The van der Waals surface area contributed by atoms with Crippen LogP contribution in [0, 0.1) is 5.82 Å². The number of hydrogen-bond donors (Lipinski definition) is 0. The Bertz CT molecular complexity index is 717. The van der Waals surface area contributed by atoms with Gasteiger partial charge in [-0.3, -0.25) is 0 Å². The summed E-state index contributed by atoms with van der Waals surface area (Å²) in [5.41, 5.74) is 0.484. The molecule has 1 aromatic carbocycles. The molecule has 0 unspecified atom stereocenters. The van der Waals surface area contributed by atoms with Gasteiger partial charge in [-0.05, 0) is 31.4 Å². The third-order valence-corrected chi connectivity index (χ3v) is 4.97. The van der Waals surface area contributed by atoms with Crippen molar-refractivity contribution in [2.75, 3.05) is 13.7 Å². The third-order valence-electron chi connectivity index (χ3n) is 4.97. The average Bonchev–Trinajstić information content (AvgIpc) is 3.17. The van der Waals surface area contributed by atoms with Crippen LogP contribution in [0.1, 0.15) is 31.0 Å². The van der Waals surface area contributed by atoms with Gasteiger partial charge in [0.05, 0.1) is 18.4 Å². The zero-order valence-corrected chi connectivity index (χ0v) is 13.5. The Morgan fingerprint density at radius 1 is 1.38 bits per heavy atom. The second-order valence-corrected chi connectivity index (χ2v) is 6.36. The Morgan fingerprint density at radius 2 is 2.21 bits per heavy atom. The Kier molecular flexibility index (Phi) is 3.97. The van der Waals surface area contributed by atoms with E-state index in [-0.39, 0.29) is 35.9 Å². The van der Waals surface area contributed by atoms with Gasteiger partial charge in [0.25, 0.3) is 0 Å². The van der Waals surface area contributed by atoms with Crippen LogP contribution in [0.15, 0.2) is 30.5 Å². The summed E-state index contributed by atoms with van der Waals surface area (Å²) in [4.78, 5) is 0. The van der Waals surface area contributed by atoms with Crippen molar-refractivity contribution >= 4 is 0 Å². The molecule has 1 aliphatic carbocycles. The number of rotatable bonds is 5. The molecular weight excluding hydrogens is 313 g/mol. The van der Waals surface area contributed by atoms with E-state index in [0.717, 1.165) is 12.8 Å². The zero-order valence-electron chi connectivity index (χ0n) is 13.5. The Balaban J connectivity index is 1.44. The summed E-state index contributed by atoms with van der Waals surface area (Å²) in [6, 6.07) is 6.31. The lowest BCUT2D eigenvalue weighted by atomic mass is 9.75. The van der Waals surface area contributed by atoms with Crippen molar-refractivity contribution in [2.24, 2.45) is 0 Å². The average molecular weight is 333 g/mol. The minimum atomic E-state index is -0.388. The SMILES string of the molecule is CO[C@@H]1[C@@H](n2cc(COc3ccccc3F)nn2)COC12CCC2. The van der Waals surface area contributed by atoms with Crippen molar-refractivity contribution in [3.8, 4) is 5.75 Å². The van der Waals surface area contributed by atoms with Crippen LogP contribution in [0.5, 0.6) is 5.75 Å². The molecule has 0 amide bonds. The molecule has 24 heavy (non-hydrogen) atoms. The van der Waals surface area contributed by atoms with Crippen LogP contribution in [0.3, 0.4) is 0 Å². The van der Waals surface area contributed by atoms with Gasteiger partial charge in [-0.1, -0.05) is 17.3 Å². The molecular formula is C17H20FN3O3. The van der Waals surface area contributed by atoms with Crippen LogP contribution in [0.4, 0.5) is 4.39 Å². The summed E-state index contributed by atoms with van der Waals surface area (Å²) in [6.45, 7) is 0.729. The molecule has 2 heterocycles. The van der Waals surface area contributed by atoms with Gasteiger partial charge in [-0.25, -0.2) is 9.07 Å². The van der Waals surface area contributed by atoms with Gasteiger partial charge in [0, 0.05) is 7.11 Å². The first-order valence-corrected chi connectivity index (χ1v) is 8.17. The van der Waals surface area contributed by atoms with Crippen LogP contribution < -0.4 is 4.74 Å². The largest absolute Gasteiger partial charge is 0.484 e. The molecule has 7 heteroatoms. The Morgan fingerprint density at radius 3 is 2.92 bits per heavy atom. The normalized spacial score (nSPS) is 24.9. The van der Waals surface area contributed by atoms with E-state index in [1.165, 1.54) is 12.5 Å². The molecule has 2 aromatic rings. The number of hydrogen-bond acceptors (Lipinski definition) is 5. The smallest absolute Gasteiger partial charge is 0.165 e.